The van der Waals surface area contributed by atoms with Crippen LogP contribution in [0.2, 0.25) is 0 Å². The molecule has 2 aromatic rings. The fourth-order valence-electron chi connectivity index (χ4n) is 2.72. The van der Waals surface area contributed by atoms with Crippen molar-refractivity contribution >= 4 is 23.9 Å². The third kappa shape index (κ3) is 3.44. The number of nitrogens with zero attached hydrogens (tertiary/aromatic N) is 4. The first kappa shape index (κ1) is 16.0. The van der Waals surface area contributed by atoms with Crippen molar-refractivity contribution in [3.05, 3.63) is 78.0 Å². The summed E-state index contributed by atoms with van der Waals surface area (Å²) in [4.78, 5) is 27.2. The Bertz CT molecular complexity index is 945. The summed E-state index contributed by atoms with van der Waals surface area (Å²) in [5, 5.41) is 0. The predicted molar refractivity (Wildman–Crippen MR) is 101 cm³/mol. The Morgan fingerprint density at radius 3 is 2.81 bits per heavy atom. The number of carbonyl (C=O) groups is 1. The minimum absolute atomic E-state index is 0.145. The van der Waals surface area contributed by atoms with Crippen LogP contribution in [0, 0.1) is 0 Å². The molecule has 2 aromatic carbocycles. The average Bonchev–Trinajstić information content (AvgIpc) is 2.84. The van der Waals surface area contributed by atoms with Gasteiger partial charge in [0.15, 0.2) is 12.4 Å². The van der Waals surface area contributed by atoms with Crippen molar-refractivity contribution < 1.29 is 9.53 Å². The van der Waals surface area contributed by atoms with Gasteiger partial charge in [0.1, 0.15) is 5.75 Å². The Labute approximate surface area is 150 Å². The summed E-state index contributed by atoms with van der Waals surface area (Å²) in [5.74, 6) is 1.10. The molecule has 1 amide bonds. The molecule has 4 rings (SSSR count). The van der Waals surface area contributed by atoms with Crippen molar-refractivity contribution in [1.82, 2.24) is 4.90 Å². The number of para-hydroxylation sites is 1. The van der Waals surface area contributed by atoms with Crippen LogP contribution in [0.3, 0.4) is 0 Å². The van der Waals surface area contributed by atoms with Crippen LogP contribution in [0.1, 0.15) is 11.1 Å². The second kappa shape index (κ2) is 7.14. The van der Waals surface area contributed by atoms with E-state index >= 15 is 0 Å². The highest BCUT2D eigenvalue weighted by atomic mass is 16.5. The first-order chi connectivity index (χ1) is 12.8. The molecule has 0 atom stereocenters. The van der Waals surface area contributed by atoms with Crippen molar-refractivity contribution in [2.75, 3.05) is 6.61 Å². The molecule has 0 bridgehead atoms. The third-order valence-electron chi connectivity index (χ3n) is 3.94. The van der Waals surface area contributed by atoms with E-state index in [0.717, 1.165) is 11.1 Å². The van der Waals surface area contributed by atoms with Crippen LogP contribution >= 0.6 is 0 Å². The van der Waals surface area contributed by atoms with E-state index in [0.29, 0.717) is 24.1 Å². The van der Waals surface area contributed by atoms with Crippen LogP contribution in [-0.4, -0.2) is 35.4 Å². The lowest BCUT2D eigenvalue weighted by Gasteiger charge is -2.19. The maximum atomic E-state index is 12.3. The fourth-order valence-corrected chi connectivity index (χ4v) is 2.72. The highest BCUT2D eigenvalue weighted by Gasteiger charge is 2.21. The van der Waals surface area contributed by atoms with Gasteiger partial charge in [-0.25, -0.2) is 4.99 Å². The average molecular weight is 344 g/mol. The van der Waals surface area contributed by atoms with Crippen LogP contribution in [-0.2, 0) is 11.3 Å². The predicted octanol–water partition coefficient (Wildman–Crippen LogP) is 2.81. The van der Waals surface area contributed by atoms with Crippen LogP contribution < -0.4 is 4.74 Å². The standard InChI is InChI=1S/C20H16N4O2/c25-18(14-26-16-8-2-1-3-9-16)22-19-17-10-5-4-7-15(17)13-24-12-6-11-21-20(24)23-19/h1-12H,13-14H2. The molecule has 0 fully saturated rings. The number of rotatable bonds is 3. The number of ether oxygens (including phenoxy) is 1. The van der Waals surface area contributed by atoms with E-state index in [-0.39, 0.29) is 6.61 Å². The summed E-state index contributed by atoms with van der Waals surface area (Å²) < 4.78 is 5.48. The number of benzene rings is 2. The van der Waals surface area contributed by atoms with Crippen molar-refractivity contribution in [1.29, 1.82) is 0 Å². The number of fused-ring (bicyclic) bond motifs is 2. The van der Waals surface area contributed by atoms with Gasteiger partial charge in [-0.3, -0.25) is 4.79 Å². The molecular weight excluding hydrogens is 328 g/mol. The Kier molecular flexibility index (Phi) is 4.38. The maximum Gasteiger partial charge on any atom is 0.285 e. The first-order valence-electron chi connectivity index (χ1n) is 8.23. The molecule has 0 radical (unpaired) electrons. The van der Waals surface area contributed by atoms with Crippen molar-refractivity contribution in [2.45, 2.75) is 6.54 Å². The number of amides is 1. The highest BCUT2D eigenvalue weighted by Crippen LogP contribution is 2.20. The monoisotopic (exact) mass is 344 g/mol. The van der Waals surface area contributed by atoms with Gasteiger partial charge in [-0.2, -0.15) is 9.98 Å². The highest BCUT2D eigenvalue weighted by molar-refractivity contribution is 6.13. The summed E-state index contributed by atoms with van der Waals surface area (Å²) in [6, 6.07) is 17.0. The molecule has 0 aliphatic carbocycles. The second-order valence-electron chi connectivity index (χ2n) is 5.75. The summed E-state index contributed by atoms with van der Waals surface area (Å²) in [7, 11) is 0. The molecule has 6 heteroatoms. The molecule has 0 saturated heterocycles. The summed E-state index contributed by atoms with van der Waals surface area (Å²) in [5.41, 5.74) is 1.86. The molecule has 2 heterocycles. The molecule has 0 spiro atoms. The number of amidine groups is 1. The molecule has 6 nitrogen and oxygen atoms in total. The van der Waals surface area contributed by atoms with E-state index in [1.165, 1.54) is 0 Å². The lowest BCUT2D eigenvalue weighted by molar-refractivity contribution is -0.119. The lowest BCUT2D eigenvalue weighted by atomic mass is 10.1. The SMILES string of the molecule is O=C(COc1ccccc1)N=C1N=C2N=CC=CN2Cc2ccccc21. The normalized spacial score (nSPS) is 16.5. The lowest BCUT2D eigenvalue weighted by Crippen LogP contribution is -2.25. The van der Waals surface area contributed by atoms with Gasteiger partial charge in [0.25, 0.3) is 5.91 Å². The van der Waals surface area contributed by atoms with Crippen LogP contribution in [0.25, 0.3) is 0 Å². The third-order valence-corrected chi connectivity index (χ3v) is 3.94. The maximum absolute atomic E-state index is 12.3. The van der Waals surface area contributed by atoms with E-state index in [1.54, 1.807) is 18.3 Å². The number of carbonyl (C=O) groups excluding carboxylic acids is 1. The Hall–Kier alpha value is -3.54. The second-order valence-corrected chi connectivity index (χ2v) is 5.75. The Balaban J connectivity index is 1.62. The van der Waals surface area contributed by atoms with Gasteiger partial charge in [0.05, 0.1) is 6.54 Å². The molecule has 2 aliphatic rings. The molecule has 2 aliphatic heterocycles. The Morgan fingerprint density at radius 2 is 1.92 bits per heavy atom. The number of aliphatic imine (C=N–C) groups is 3. The zero-order chi connectivity index (χ0) is 17.8. The number of allylic oxidation sites excluding steroid dienone is 1. The molecule has 128 valence electrons. The van der Waals surface area contributed by atoms with Crippen LogP contribution in [0.4, 0.5) is 0 Å². The van der Waals surface area contributed by atoms with Gasteiger partial charge in [0, 0.05) is 18.0 Å². The topological polar surface area (TPSA) is 66.6 Å². The van der Waals surface area contributed by atoms with Crippen molar-refractivity contribution in [3.8, 4) is 5.75 Å². The molecule has 0 aromatic heterocycles. The van der Waals surface area contributed by atoms with Gasteiger partial charge in [-0.05, 0) is 23.8 Å². The number of hydrogen-bond donors (Lipinski definition) is 0. The fraction of sp³-hybridized carbons (Fsp3) is 0.100. The van der Waals surface area contributed by atoms with Crippen LogP contribution in [0.15, 0.2) is 81.9 Å². The van der Waals surface area contributed by atoms with Gasteiger partial charge < -0.3 is 9.64 Å². The van der Waals surface area contributed by atoms with E-state index < -0.39 is 5.91 Å². The summed E-state index contributed by atoms with van der Waals surface area (Å²) in [6.07, 6.45) is 5.43. The molecular formula is C20H16N4O2. The zero-order valence-electron chi connectivity index (χ0n) is 13.9. The van der Waals surface area contributed by atoms with E-state index in [2.05, 4.69) is 15.0 Å². The summed E-state index contributed by atoms with van der Waals surface area (Å²) >= 11 is 0. The van der Waals surface area contributed by atoms with Crippen molar-refractivity contribution in [3.63, 3.8) is 0 Å². The zero-order valence-corrected chi connectivity index (χ0v) is 13.9. The molecule has 0 N–H and O–H groups in total. The van der Waals surface area contributed by atoms with Gasteiger partial charge in [0.2, 0.25) is 5.96 Å². The molecule has 26 heavy (non-hydrogen) atoms. The quantitative estimate of drug-likeness (QED) is 0.860. The molecule has 0 saturated carbocycles. The smallest absolute Gasteiger partial charge is 0.285 e. The number of hydrogen-bond acceptors (Lipinski definition) is 4. The van der Waals surface area contributed by atoms with Crippen molar-refractivity contribution in [2.24, 2.45) is 15.0 Å². The van der Waals surface area contributed by atoms with E-state index in [1.807, 2.05) is 59.6 Å². The van der Waals surface area contributed by atoms with Crippen LogP contribution in [0.5, 0.6) is 5.75 Å². The van der Waals surface area contributed by atoms with E-state index in [4.69, 9.17) is 4.74 Å². The van der Waals surface area contributed by atoms with E-state index in [9.17, 15) is 4.79 Å². The minimum Gasteiger partial charge on any atom is -0.484 e. The van der Waals surface area contributed by atoms with Gasteiger partial charge in [-0.1, -0.05) is 42.5 Å². The van der Waals surface area contributed by atoms with Gasteiger partial charge in [-0.15, -0.1) is 0 Å². The van der Waals surface area contributed by atoms with Gasteiger partial charge >= 0.3 is 0 Å². The largest absolute Gasteiger partial charge is 0.484 e. The Morgan fingerprint density at radius 1 is 1.12 bits per heavy atom. The minimum atomic E-state index is -0.396. The summed E-state index contributed by atoms with van der Waals surface area (Å²) in [6.45, 7) is 0.476. The number of guanidine groups is 1. The molecule has 0 unspecified atom stereocenters. The first-order valence-corrected chi connectivity index (χ1v) is 8.23.